The zero-order valence-electron chi connectivity index (χ0n) is 10.7. The van der Waals surface area contributed by atoms with E-state index in [0.29, 0.717) is 12.8 Å². The predicted molar refractivity (Wildman–Crippen MR) is 68.6 cm³/mol. The van der Waals surface area contributed by atoms with Gasteiger partial charge in [-0.3, -0.25) is 4.79 Å². The molecule has 18 heavy (non-hydrogen) atoms. The second kappa shape index (κ2) is 6.61. The molecule has 0 amide bonds. The van der Waals surface area contributed by atoms with Gasteiger partial charge in [0, 0.05) is 32.1 Å². The Balaban J connectivity index is 0.000000771. The van der Waals surface area contributed by atoms with Gasteiger partial charge in [-0.1, -0.05) is 19.9 Å². The van der Waals surface area contributed by atoms with Crippen molar-refractivity contribution in [1.82, 2.24) is 9.29 Å². The third-order valence-electron chi connectivity index (χ3n) is 2.52. The van der Waals surface area contributed by atoms with Crippen LogP contribution in [0.2, 0.25) is 0 Å². The lowest BCUT2D eigenvalue weighted by Gasteiger charge is -2.24. The highest BCUT2D eigenvalue weighted by Crippen LogP contribution is 2.16. The lowest BCUT2D eigenvalue weighted by Crippen LogP contribution is -2.38. The van der Waals surface area contributed by atoms with Gasteiger partial charge in [-0.2, -0.15) is 4.31 Å². The summed E-state index contributed by atoms with van der Waals surface area (Å²) in [6.45, 7) is 4.52. The van der Waals surface area contributed by atoms with Crippen molar-refractivity contribution in [2.75, 3.05) is 13.1 Å². The molecule has 0 atom stereocenters. The zero-order valence-corrected chi connectivity index (χ0v) is 11.5. The molecule has 1 saturated heterocycles. The molecular formula is C12H18N2O3S. The standard InChI is InChI=1S/C10H12N2O3S.C2H6/c13-9-4-7-12(8-5-9)16(14,15)10-3-1-2-6-11-10;1-2/h1-3,6H,4-5,7-8H2;1-2H3. The summed E-state index contributed by atoms with van der Waals surface area (Å²) in [4.78, 5) is 14.9. The summed E-state index contributed by atoms with van der Waals surface area (Å²) in [6.07, 6.45) is 2.04. The minimum absolute atomic E-state index is 0.0457. The lowest BCUT2D eigenvalue weighted by atomic mass is 10.1. The van der Waals surface area contributed by atoms with E-state index in [4.69, 9.17) is 0 Å². The first-order valence-electron chi connectivity index (χ1n) is 6.03. The van der Waals surface area contributed by atoms with Crippen LogP contribution in [0.4, 0.5) is 0 Å². The molecule has 1 aliphatic rings. The molecule has 0 aromatic carbocycles. The lowest BCUT2D eigenvalue weighted by molar-refractivity contribution is -0.120. The number of piperidine rings is 1. The number of hydrogen-bond donors (Lipinski definition) is 0. The van der Waals surface area contributed by atoms with Gasteiger partial charge in [0.05, 0.1) is 0 Å². The van der Waals surface area contributed by atoms with E-state index in [0.717, 1.165) is 0 Å². The highest BCUT2D eigenvalue weighted by molar-refractivity contribution is 7.89. The molecule has 0 radical (unpaired) electrons. The van der Waals surface area contributed by atoms with Crippen LogP contribution in [0.5, 0.6) is 0 Å². The molecule has 0 spiro atoms. The van der Waals surface area contributed by atoms with Crippen molar-refractivity contribution in [1.29, 1.82) is 0 Å². The number of carbonyl (C=O) groups excluding carboxylic acids is 1. The van der Waals surface area contributed by atoms with Gasteiger partial charge in [-0.05, 0) is 12.1 Å². The van der Waals surface area contributed by atoms with Gasteiger partial charge < -0.3 is 0 Å². The van der Waals surface area contributed by atoms with E-state index in [1.165, 1.54) is 16.6 Å². The average Bonchev–Trinajstić information content (AvgIpc) is 2.42. The number of ketones is 1. The predicted octanol–water partition coefficient (Wildman–Crippen LogP) is 1.46. The van der Waals surface area contributed by atoms with Crippen LogP contribution in [0.15, 0.2) is 29.4 Å². The van der Waals surface area contributed by atoms with E-state index in [-0.39, 0.29) is 23.9 Å². The highest BCUT2D eigenvalue weighted by Gasteiger charge is 2.28. The Hall–Kier alpha value is -1.27. The van der Waals surface area contributed by atoms with Gasteiger partial charge in [0.15, 0.2) is 5.03 Å². The third kappa shape index (κ3) is 3.36. The van der Waals surface area contributed by atoms with Crippen molar-refractivity contribution >= 4 is 15.8 Å². The molecule has 6 heteroatoms. The number of nitrogens with zero attached hydrogens (tertiary/aromatic N) is 2. The van der Waals surface area contributed by atoms with Gasteiger partial charge in [-0.15, -0.1) is 0 Å². The third-order valence-corrected chi connectivity index (χ3v) is 4.34. The van der Waals surface area contributed by atoms with Crippen molar-refractivity contribution in [3.8, 4) is 0 Å². The molecular weight excluding hydrogens is 252 g/mol. The minimum Gasteiger partial charge on any atom is -0.300 e. The normalized spacial score (nSPS) is 16.9. The van der Waals surface area contributed by atoms with E-state index < -0.39 is 10.0 Å². The summed E-state index contributed by atoms with van der Waals surface area (Å²) in [7, 11) is -3.52. The fourth-order valence-electron chi connectivity index (χ4n) is 1.61. The topological polar surface area (TPSA) is 67.3 Å². The Morgan fingerprint density at radius 2 is 1.78 bits per heavy atom. The smallest absolute Gasteiger partial charge is 0.260 e. The molecule has 0 bridgehead atoms. The Morgan fingerprint density at radius 3 is 2.28 bits per heavy atom. The summed E-state index contributed by atoms with van der Waals surface area (Å²) >= 11 is 0. The molecule has 1 aromatic heterocycles. The largest absolute Gasteiger partial charge is 0.300 e. The Kier molecular flexibility index (Phi) is 5.43. The molecule has 0 unspecified atom stereocenters. The molecule has 1 aromatic rings. The van der Waals surface area contributed by atoms with Gasteiger partial charge >= 0.3 is 0 Å². The van der Waals surface area contributed by atoms with Gasteiger partial charge in [0.25, 0.3) is 10.0 Å². The number of sulfonamides is 1. The number of carbonyl (C=O) groups is 1. The van der Waals surface area contributed by atoms with Crippen molar-refractivity contribution in [3.05, 3.63) is 24.4 Å². The molecule has 0 N–H and O–H groups in total. The van der Waals surface area contributed by atoms with Crippen LogP contribution in [0.3, 0.4) is 0 Å². The van der Waals surface area contributed by atoms with E-state index in [2.05, 4.69) is 4.98 Å². The SMILES string of the molecule is CC.O=C1CCN(S(=O)(=O)c2ccccn2)CC1. The number of Topliss-reactive ketones (excluding diaryl/α,β-unsaturated/α-hetero) is 1. The monoisotopic (exact) mass is 270 g/mol. The Morgan fingerprint density at radius 1 is 1.17 bits per heavy atom. The maximum absolute atomic E-state index is 12.0. The van der Waals surface area contributed by atoms with Crippen molar-refractivity contribution in [3.63, 3.8) is 0 Å². The minimum atomic E-state index is -3.52. The van der Waals surface area contributed by atoms with E-state index in [1.807, 2.05) is 13.8 Å². The van der Waals surface area contributed by atoms with E-state index >= 15 is 0 Å². The van der Waals surface area contributed by atoms with E-state index in [1.54, 1.807) is 12.1 Å². The first-order valence-corrected chi connectivity index (χ1v) is 7.47. The van der Waals surface area contributed by atoms with Gasteiger partial charge in [0.2, 0.25) is 0 Å². The second-order valence-electron chi connectivity index (χ2n) is 3.61. The van der Waals surface area contributed by atoms with Crippen LogP contribution in [0, 0.1) is 0 Å². The summed E-state index contributed by atoms with van der Waals surface area (Å²) in [5.41, 5.74) is 0. The number of pyridine rings is 1. The van der Waals surface area contributed by atoms with Crippen LogP contribution in [-0.4, -0.2) is 36.6 Å². The van der Waals surface area contributed by atoms with Crippen molar-refractivity contribution < 1.29 is 13.2 Å². The molecule has 0 saturated carbocycles. The highest BCUT2D eigenvalue weighted by atomic mass is 32.2. The van der Waals surface area contributed by atoms with E-state index in [9.17, 15) is 13.2 Å². The fraction of sp³-hybridized carbons (Fsp3) is 0.500. The first kappa shape index (κ1) is 14.8. The summed E-state index contributed by atoms with van der Waals surface area (Å²) < 4.78 is 25.4. The van der Waals surface area contributed by atoms with Crippen molar-refractivity contribution in [2.45, 2.75) is 31.7 Å². The average molecular weight is 270 g/mol. The number of rotatable bonds is 2. The Labute approximate surface area is 108 Å². The fourth-order valence-corrected chi connectivity index (χ4v) is 2.98. The zero-order chi connectivity index (χ0) is 13.6. The van der Waals surface area contributed by atoms with Gasteiger partial charge in [0.1, 0.15) is 5.78 Å². The van der Waals surface area contributed by atoms with Crippen LogP contribution in [0.1, 0.15) is 26.7 Å². The Bertz CT molecular complexity index is 475. The molecule has 2 heterocycles. The first-order chi connectivity index (χ1) is 8.60. The number of hydrogen-bond acceptors (Lipinski definition) is 4. The maximum atomic E-state index is 12.0. The van der Waals surface area contributed by atoms with Crippen LogP contribution < -0.4 is 0 Å². The molecule has 0 aliphatic carbocycles. The molecule has 1 fully saturated rings. The second-order valence-corrected chi connectivity index (χ2v) is 5.50. The summed E-state index contributed by atoms with van der Waals surface area (Å²) in [5, 5.41) is 0.0457. The molecule has 5 nitrogen and oxygen atoms in total. The quantitative estimate of drug-likeness (QED) is 0.816. The van der Waals surface area contributed by atoms with Crippen LogP contribution in [0.25, 0.3) is 0 Å². The molecule has 2 rings (SSSR count). The molecule has 1 aliphatic heterocycles. The van der Waals surface area contributed by atoms with Gasteiger partial charge in [-0.25, -0.2) is 13.4 Å². The summed E-state index contributed by atoms with van der Waals surface area (Å²) in [5.74, 6) is 0.118. The van der Waals surface area contributed by atoms with Crippen LogP contribution in [-0.2, 0) is 14.8 Å². The van der Waals surface area contributed by atoms with Crippen molar-refractivity contribution in [2.24, 2.45) is 0 Å². The van der Waals surface area contributed by atoms with Crippen LogP contribution >= 0.6 is 0 Å². The summed E-state index contributed by atoms with van der Waals surface area (Å²) in [6, 6.07) is 4.76. The maximum Gasteiger partial charge on any atom is 0.260 e. The molecule has 100 valence electrons. The number of aromatic nitrogens is 1.